The normalized spacial score (nSPS) is 10.0. The van der Waals surface area contributed by atoms with Crippen molar-refractivity contribution >= 4 is 17.6 Å². The molecule has 0 spiro atoms. The topological polar surface area (TPSA) is 89.6 Å². The van der Waals surface area contributed by atoms with Crippen molar-refractivity contribution in [3.8, 4) is 0 Å². The molecule has 0 fully saturated rings. The summed E-state index contributed by atoms with van der Waals surface area (Å²) in [6.07, 6.45) is 0. The number of nitrogen functional groups attached to an aromatic ring is 1. The zero-order chi connectivity index (χ0) is 14.3. The highest BCUT2D eigenvalue weighted by Gasteiger charge is 2.11. The van der Waals surface area contributed by atoms with E-state index in [-0.39, 0.29) is 17.1 Å². The van der Waals surface area contributed by atoms with Crippen LogP contribution >= 0.6 is 0 Å². The van der Waals surface area contributed by atoms with Crippen LogP contribution in [0.1, 0.15) is 38.1 Å². The molecule has 0 amide bonds. The Morgan fingerprint density at radius 3 is 2.06 bits per heavy atom. The van der Waals surface area contributed by atoms with E-state index in [9.17, 15) is 9.59 Å². The van der Waals surface area contributed by atoms with E-state index >= 15 is 0 Å². The predicted octanol–water partition coefficient (Wildman–Crippen LogP) is 2.32. The maximum atomic E-state index is 10.3. The van der Waals surface area contributed by atoms with E-state index in [1.807, 2.05) is 20.8 Å². The van der Waals surface area contributed by atoms with Crippen LogP contribution in [-0.4, -0.2) is 22.6 Å². The Balaban J connectivity index is 0.000000331. The maximum absolute atomic E-state index is 10.3. The fourth-order valence-electron chi connectivity index (χ4n) is 1.10. The van der Waals surface area contributed by atoms with Crippen molar-refractivity contribution in [3.05, 3.63) is 29.8 Å². The third-order valence-corrected chi connectivity index (χ3v) is 1.58. The molecule has 0 radical (unpaired) electrons. The molecule has 1 rings (SSSR count). The number of carboxylic acid groups (broad SMARTS) is 1. The monoisotopic (exact) mass is 253 g/mol. The highest BCUT2D eigenvalue weighted by Crippen LogP contribution is 2.06. The third kappa shape index (κ3) is 8.15. The fraction of sp³-hybridized carbons (Fsp3) is 0.385. The summed E-state index contributed by atoms with van der Waals surface area (Å²) in [6, 6.07) is 6.17. The molecule has 0 bridgehead atoms. The van der Waals surface area contributed by atoms with Crippen molar-refractivity contribution in [1.82, 2.24) is 0 Å². The lowest BCUT2D eigenvalue weighted by Gasteiger charge is -2.17. The highest BCUT2D eigenvalue weighted by atomic mass is 16.6. The van der Waals surface area contributed by atoms with Gasteiger partial charge in [0.25, 0.3) is 0 Å². The second kappa shape index (κ2) is 6.64. The van der Waals surface area contributed by atoms with E-state index in [1.54, 1.807) is 12.1 Å². The second-order valence-corrected chi connectivity index (χ2v) is 4.64. The lowest BCUT2D eigenvalue weighted by Crippen LogP contribution is -2.21. The largest absolute Gasteiger partial charge is 0.478 e. The highest BCUT2D eigenvalue weighted by molar-refractivity contribution is 5.88. The van der Waals surface area contributed by atoms with Gasteiger partial charge in [-0.2, -0.15) is 0 Å². The summed E-state index contributed by atoms with van der Waals surface area (Å²) < 4.78 is 4.80. The van der Waals surface area contributed by atoms with Crippen molar-refractivity contribution in [2.45, 2.75) is 33.3 Å². The summed E-state index contributed by atoms with van der Waals surface area (Å²) in [5.41, 5.74) is 5.70. The Kier molecular flexibility index (Phi) is 5.88. The molecule has 5 heteroatoms. The van der Waals surface area contributed by atoms with Crippen LogP contribution in [0, 0.1) is 0 Å². The van der Waals surface area contributed by atoms with E-state index in [0.717, 1.165) is 0 Å². The van der Waals surface area contributed by atoms with Crippen LogP contribution in [0.25, 0.3) is 0 Å². The quantitative estimate of drug-likeness (QED) is 0.592. The number of carboxylic acids is 1. The van der Waals surface area contributed by atoms with Gasteiger partial charge in [-0.15, -0.1) is 0 Å². The van der Waals surface area contributed by atoms with Gasteiger partial charge >= 0.3 is 11.9 Å². The summed E-state index contributed by atoms with van der Waals surface area (Å²) >= 11 is 0. The Morgan fingerprint density at radius 2 is 1.83 bits per heavy atom. The minimum absolute atomic E-state index is 0.222. The molecule has 1 aromatic rings. The van der Waals surface area contributed by atoms with Crippen molar-refractivity contribution in [1.29, 1.82) is 0 Å². The molecule has 0 atom stereocenters. The zero-order valence-corrected chi connectivity index (χ0v) is 11.1. The smallest absolute Gasteiger partial charge is 0.335 e. The van der Waals surface area contributed by atoms with Crippen molar-refractivity contribution in [3.63, 3.8) is 0 Å². The average Bonchev–Trinajstić information content (AvgIpc) is 2.14. The molecular weight excluding hydrogens is 234 g/mol. The predicted molar refractivity (Wildman–Crippen MR) is 69.3 cm³/mol. The Morgan fingerprint density at radius 1 is 1.28 bits per heavy atom. The van der Waals surface area contributed by atoms with Crippen LogP contribution in [0.2, 0.25) is 0 Å². The van der Waals surface area contributed by atoms with E-state index in [0.29, 0.717) is 5.69 Å². The molecule has 1 aromatic carbocycles. The molecule has 0 aliphatic heterocycles. The molecular formula is C13H19NO4. The standard InChI is InChI=1S/C7H7NO2.C6H12O2/c8-6-3-1-2-5(4-6)7(9)10;1-5(7)8-6(2,3)4/h1-4H,8H2,(H,9,10);1-4H3. The van der Waals surface area contributed by atoms with Gasteiger partial charge in [-0.3, -0.25) is 4.79 Å². The number of aromatic carboxylic acids is 1. The van der Waals surface area contributed by atoms with Crippen LogP contribution in [0.15, 0.2) is 24.3 Å². The first-order valence-electron chi connectivity index (χ1n) is 5.40. The Labute approximate surface area is 107 Å². The van der Waals surface area contributed by atoms with Crippen LogP contribution in [-0.2, 0) is 9.53 Å². The molecule has 0 saturated carbocycles. The molecule has 0 aliphatic rings. The summed E-state index contributed by atoms with van der Waals surface area (Å²) in [4.78, 5) is 20.5. The number of carbonyl (C=O) groups excluding carboxylic acids is 1. The number of nitrogens with two attached hydrogens (primary N) is 1. The van der Waals surface area contributed by atoms with Gasteiger partial charge in [0.1, 0.15) is 5.60 Å². The number of benzene rings is 1. The van der Waals surface area contributed by atoms with E-state index in [2.05, 4.69) is 0 Å². The Hall–Kier alpha value is -2.04. The molecule has 100 valence electrons. The summed E-state index contributed by atoms with van der Waals surface area (Å²) in [7, 11) is 0. The number of hydrogen-bond donors (Lipinski definition) is 2. The number of ether oxygens (including phenoxy) is 1. The summed E-state index contributed by atoms with van der Waals surface area (Å²) in [5.74, 6) is -1.18. The van der Waals surface area contributed by atoms with Crippen LogP contribution in [0.3, 0.4) is 0 Å². The lowest BCUT2D eigenvalue weighted by atomic mass is 10.2. The SMILES string of the molecule is CC(=O)OC(C)(C)C.Nc1cccc(C(=O)O)c1. The number of hydrogen-bond acceptors (Lipinski definition) is 4. The van der Waals surface area contributed by atoms with Crippen molar-refractivity contribution in [2.75, 3.05) is 5.73 Å². The Bertz CT molecular complexity index is 421. The summed E-state index contributed by atoms with van der Waals surface area (Å²) in [6.45, 7) is 6.93. The maximum Gasteiger partial charge on any atom is 0.335 e. The molecule has 5 nitrogen and oxygen atoms in total. The van der Waals surface area contributed by atoms with Gasteiger partial charge in [0.2, 0.25) is 0 Å². The molecule has 0 heterocycles. The molecule has 0 unspecified atom stereocenters. The van der Waals surface area contributed by atoms with Crippen molar-refractivity contribution in [2.24, 2.45) is 0 Å². The van der Waals surface area contributed by atoms with Gasteiger partial charge < -0.3 is 15.6 Å². The first-order chi connectivity index (χ1) is 8.11. The molecule has 3 N–H and O–H groups in total. The third-order valence-electron chi connectivity index (χ3n) is 1.58. The van der Waals surface area contributed by atoms with E-state index in [4.69, 9.17) is 15.6 Å². The fourth-order valence-corrected chi connectivity index (χ4v) is 1.10. The first kappa shape index (κ1) is 16.0. The number of esters is 1. The van der Waals surface area contributed by atoms with Gasteiger partial charge in [0.15, 0.2) is 0 Å². The van der Waals surface area contributed by atoms with Crippen LogP contribution < -0.4 is 5.73 Å². The average molecular weight is 253 g/mol. The molecule has 0 aromatic heterocycles. The van der Waals surface area contributed by atoms with Crippen LogP contribution in [0.5, 0.6) is 0 Å². The first-order valence-corrected chi connectivity index (χ1v) is 5.40. The number of anilines is 1. The van der Waals surface area contributed by atoms with Crippen molar-refractivity contribution < 1.29 is 19.4 Å². The van der Waals surface area contributed by atoms with Gasteiger partial charge in [-0.25, -0.2) is 4.79 Å². The molecule has 0 saturated heterocycles. The minimum atomic E-state index is -0.952. The van der Waals surface area contributed by atoms with Crippen LogP contribution in [0.4, 0.5) is 5.69 Å². The zero-order valence-electron chi connectivity index (χ0n) is 11.1. The lowest BCUT2D eigenvalue weighted by molar-refractivity contribution is -0.151. The second-order valence-electron chi connectivity index (χ2n) is 4.64. The molecule has 0 aliphatic carbocycles. The van der Waals surface area contributed by atoms with E-state index < -0.39 is 5.97 Å². The minimum Gasteiger partial charge on any atom is -0.478 e. The van der Waals surface area contributed by atoms with Gasteiger partial charge in [-0.1, -0.05) is 6.07 Å². The van der Waals surface area contributed by atoms with Gasteiger partial charge in [0, 0.05) is 12.6 Å². The van der Waals surface area contributed by atoms with E-state index in [1.165, 1.54) is 19.1 Å². The van der Waals surface area contributed by atoms with Gasteiger partial charge in [0.05, 0.1) is 5.56 Å². The summed E-state index contributed by atoms with van der Waals surface area (Å²) in [5, 5.41) is 8.45. The van der Waals surface area contributed by atoms with Gasteiger partial charge in [-0.05, 0) is 39.0 Å². The molecule has 18 heavy (non-hydrogen) atoms. The number of rotatable bonds is 1. The number of carbonyl (C=O) groups is 2.